The highest BCUT2D eigenvalue weighted by molar-refractivity contribution is 9.10. The molecule has 142 valence electrons. The number of anilines is 1. The summed E-state index contributed by atoms with van der Waals surface area (Å²) in [6.45, 7) is 2.14. The highest BCUT2D eigenvalue weighted by Gasteiger charge is 2.32. The molecule has 5 nitrogen and oxygen atoms in total. The number of fused-ring (bicyclic) bond motifs is 1. The monoisotopic (exact) mass is 453 g/mol. The van der Waals surface area contributed by atoms with Crippen molar-refractivity contribution < 1.29 is 0 Å². The molecule has 0 radical (unpaired) electrons. The smallest absolute Gasteiger partial charge is 0.129 e. The lowest BCUT2D eigenvalue weighted by molar-refractivity contribution is 0.744. The Labute approximate surface area is 177 Å². The molecule has 3 heterocycles. The number of thioether (sulfide) groups is 1. The first-order valence-electron chi connectivity index (χ1n) is 9.08. The van der Waals surface area contributed by atoms with Crippen molar-refractivity contribution >= 4 is 33.5 Å². The van der Waals surface area contributed by atoms with Crippen molar-refractivity contribution in [1.29, 1.82) is 5.26 Å². The molecule has 0 saturated heterocycles. The third-order valence-corrected chi connectivity index (χ3v) is 6.82. The highest BCUT2D eigenvalue weighted by atomic mass is 79.9. The summed E-state index contributed by atoms with van der Waals surface area (Å²) in [6.07, 6.45) is 2.26. The first-order chi connectivity index (χ1) is 13.6. The highest BCUT2D eigenvalue weighted by Crippen LogP contribution is 2.47. The van der Waals surface area contributed by atoms with E-state index in [0.717, 1.165) is 33.0 Å². The summed E-state index contributed by atoms with van der Waals surface area (Å²) in [5.41, 5.74) is 5.38. The number of hydrogen-bond acceptors (Lipinski definition) is 5. The average molecular weight is 454 g/mol. The first kappa shape index (κ1) is 19.0. The quantitative estimate of drug-likeness (QED) is 0.598. The Morgan fingerprint density at radius 3 is 2.93 bits per heavy atom. The third kappa shape index (κ3) is 3.54. The van der Waals surface area contributed by atoms with Crippen molar-refractivity contribution in [2.45, 2.75) is 24.6 Å². The van der Waals surface area contributed by atoms with Gasteiger partial charge in [-0.1, -0.05) is 28.1 Å². The fraction of sp³-hybridized carbons (Fsp3) is 0.286. The lowest BCUT2D eigenvalue weighted by Crippen LogP contribution is -2.22. The van der Waals surface area contributed by atoms with Crippen LogP contribution in [0, 0.1) is 18.3 Å². The predicted molar refractivity (Wildman–Crippen MR) is 117 cm³/mol. The summed E-state index contributed by atoms with van der Waals surface area (Å²) < 4.78 is 2.96. The van der Waals surface area contributed by atoms with Gasteiger partial charge in [0.05, 0.1) is 23.4 Å². The molecule has 0 amide bonds. The zero-order valence-corrected chi connectivity index (χ0v) is 18.1. The molecule has 0 fully saturated rings. The van der Waals surface area contributed by atoms with Crippen molar-refractivity contribution in [3.63, 3.8) is 0 Å². The Bertz CT molecular complexity index is 1040. The summed E-state index contributed by atoms with van der Waals surface area (Å²) in [7, 11) is 1.95. The molecular weight excluding hydrogens is 434 g/mol. The van der Waals surface area contributed by atoms with Gasteiger partial charge in [0.15, 0.2) is 0 Å². The van der Waals surface area contributed by atoms with Crippen LogP contribution in [0.25, 0.3) is 11.4 Å². The Balaban J connectivity index is 1.91. The van der Waals surface area contributed by atoms with Crippen molar-refractivity contribution in [2.75, 3.05) is 11.1 Å². The maximum absolute atomic E-state index is 9.23. The van der Waals surface area contributed by atoms with Gasteiger partial charge in [-0.05, 0) is 42.3 Å². The summed E-state index contributed by atoms with van der Waals surface area (Å²) in [6, 6.07) is 14.7. The molecule has 0 aliphatic carbocycles. The number of pyridine rings is 1. The van der Waals surface area contributed by atoms with Gasteiger partial charge in [0.1, 0.15) is 11.5 Å². The number of hydrogen-bond donors (Lipinski definition) is 1. The van der Waals surface area contributed by atoms with Crippen LogP contribution in [0.2, 0.25) is 0 Å². The van der Waals surface area contributed by atoms with E-state index in [2.05, 4.69) is 57.4 Å². The molecule has 1 N–H and O–H groups in total. The summed E-state index contributed by atoms with van der Waals surface area (Å²) in [5.74, 6) is 1.82. The van der Waals surface area contributed by atoms with Gasteiger partial charge in [-0.15, -0.1) is 11.8 Å². The standard InChI is InChI=1S/C21H20BrN5S/c1-13-11-14(22)6-7-16(13)20-18-19(17-5-3-4-10-24-17)26-27(2)21(18)25-15(8-9-23)12-28-20/h3-7,10-11,15,20,25H,8,12H2,1-2H3/t15-,20+/m1/s1. The summed E-state index contributed by atoms with van der Waals surface area (Å²) in [5, 5.41) is 17.7. The molecule has 1 aliphatic heterocycles. The zero-order valence-electron chi connectivity index (χ0n) is 15.7. The van der Waals surface area contributed by atoms with E-state index in [0.29, 0.717) is 6.42 Å². The average Bonchev–Trinajstić information content (AvgIpc) is 2.88. The topological polar surface area (TPSA) is 66.5 Å². The Morgan fingerprint density at radius 1 is 1.36 bits per heavy atom. The van der Waals surface area contributed by atoms with Gasteiger partial charge in [-0.3, -0.25) is 9.67 Å². The van der Waals surface area contributed by atoms with Crippen LogP contribution in [0.1, 0.15) is 28.4 Å². The fourth-order valence-electron chi connectivity index (χ4n) is 3.58. The normalized spacial score (nSPS) is 18.6. The molecule has 0 saturated carbocycles. The Morgan fingerprint density at radius 2 is 2.21 bits per heavy atom. The van der Waals surface area contributed by atoms with E-state index < -0.39 is 0 Å². The van der Waals surface area contributed by atoms with Crippen LogP contribution >= 0.6 is 27.7 Å². The fourth-order valence-corrected chi connectivity index (χ4v) is 5.52. The molecule has 2 atom stereocenters. The van der Waals surface area contributed by atoms with Crippen molar-refractivity contribution in [3.05, 3.63) is 63.8 Å². The summed E-state index contributed by atoms with van der Waals surface area (Å²) in [4.78, 5) is 4.55. The van der Waals surface area contributed by atoms with Gasteiger partial charge in [0.25, 0.3) is 0 Å². The first-order valence-corrected chi connectivity index (χ1v) is 10.9. The number of nitriles is 1. The second-order valence-electron chi connectivity index (χ2n) is 6.87. The van der Waals surface area contributed by atoms with Gasteiger partial charge < -0.3 is 5.32 Å². The van der Waals surface area contributed by atoms with Crippen LogP contribution in [0.4, 0.5) is 5.82 Å². The molecule has 3 aromatic rings. The molecule has 0 spiro atoms. The molecule has 1 aromatic carbocycles. The molecular formula is C21H20BrN5S. The SMILES string of the molecule is Cc1cc(Br)ccc1[C@@H]1SC[C@@H](CC#N)Nc2c1c(-c1ccccn1)nn2C. The number of aromatic nitrogens is 3. The van der Waals surface area contributed by atoms with E-state index >= 15 is 0 Å². The van der Waals surface area contributed by atoms with Crippen molar-refractivity contribution in [3.8, 4) is 17.5 Å². The Kier molecular flexibility index (Phi) is 5.42. The van der Waals surface area contributed by atoms with Crippen LogP contribution in [-0.4, -0.2) is 26.6 Å². The van der Waals surface area contributed by atoms with E-state index in [1.807, 2.05) is 41.7 Å². The minimum atomic E-state index is 0.0847. The number of halogens is 1. The number of benzene rings is 1. The second kappa shape index (κ2) is 7.98. The molecule has 7 heteroatoms. The third-order valence-electron chi connectivity index (χ3n) is 4.91. The minimum absolute atomic E-state index is 0.0847. The van der Waals surface area contributed by atoms with Crippen LogP contribution in [0.3, 0.4) is 0 Å². The molecule has 4 rings (SSSR count). The lowest BCUT2D eigenvalue weighted by Gasteiger charge is -2.19. The van der Waals surface area contributed by atoms with Gasteiger partial charge in [0.2, 0.25) is 0 Å². The molecule has 2 aromatic heterocycles. The van der Waals surface area contributed by atoms with E-state index in [1.54, 1.807) is 6.20 Å². The largest absolute Gasteiger partial charge is 0.365 e. The lowest BCUT2D eigenvalue weighted by atomic mass is 9.98. The van der Waals surface area contributed by atoms with Crippen LogP contribution < -0.4 is 5.32 Å². The van der Waals surface area contributed by atoms with Gasteiger partial charge >= 0.3 is 0 Å². The zero-order chi connectivity index (χ0) is 19.7. The predicted octanol–water partition coefficient (Wildman–Crippen LogP) is 5.08. The molecule has 0 bridgehead atoms. The van der Waals surface area contributed by atoms with E-state index in [-0.39, 0.29) is 11.3 Å². The van der Waals surface area contributed by atoms with Gasteiger partial charge in [-0.2, -0.15) is 10.4 Å². The number of rotatable bonds is 3. The summed E-state index contributed by atoms with van der Waals surface area (Å²) >= 11 is 5.43. The van der Waals surface area contributed by atoms with Crippen molar-refractivity contribution in [2.24, 2.45) is 7.05 Å². The van der Waals surface area contributed by atoms with Crippen LogP contribution in [0.15, 0.2) is 47.1 Å². The maximum atomic E-state index is 9.23. The molecule has 1 aliphatic rings. The van der Waals surface area contributed by atoms with Crippen LogP contribution in [0.5, 0.6) is 0 Å². The number of nitrogens with one attached hydrogen (secondary N) is 1. The molecule has 0 unspecified atom stereocenters. The Hall–Kier alpha value is -2.30. The maximum Gasteiger partial charge on any atom is 0.129 e. The van der Waals surface area contributed by atoms with E-state index in [1.165, 1.54) is 11.1 Å². The van der Waals surface area contributed by atoms with Gasteiger partial charge in [-0.25, -0.2) is 0 Å². The number of aryl methyl sites for hydroxylation is 2. The van der Waals surface area contributed by atoms with Gasteiger partial charge in [0, 0.05) is 35.1 Å². The van der Waals surface area contributed by atoms with E-state index in [9.17, 15) is 5.26 Å². The molecule has 28 heavy (non-hydrogen) atoms. The van der Waals surface area contributed by atoms with Crippen LogP contribution in [-0.2, 0) is 7.05 Å². The van der Waals surface area contributed by atoms with Crippen molar-refractivity contribution in [1.82, 2.24) is 14.8 Å². The second-order valence-corrected chi connectivity index (χ2v) is 8.92. The van der Waals surface area contributed by atoms with E-state index in [4.69, 9.17) is 5.10 Å². The minimum Gasteiger partial charge on any atom is -0.365 e. The number of nitrogens with zero attached hydrogens (tertiary/aromatic N) is 4.